The summed E-state index contributed by atoms with van der Waals surface area (Å²) in [6.07, 6.45) is 3.32. The number of carbonyl (C=O) groups excluding carboxylic acids is 2. The molecule has 2 rings (SSSR count). The number of amides is 2. The summed E-state index contributed by atoms with van der Waals surface area (Å²) in [5.74, 6) is -0.339. The average Bonchev–Trinajstić information content (AvgIpc) is 3.08. The third kappa shape index (κ3) is 4.74. The first-order valence-corrected chi connectivity index (χ1v) is 7.78. The summed E-state index contributed by atoms with van der Waals surface area (Å²) in [6.45, 7) is 1.53. The molecule has 2 amide bonds. The number of alkyl halides is 2. The molecule has 1 saturated carbocycles. The van der Waals surface area contributed by atoms with Crippen molar-refractivity contribution in [3.8, 4) is 0 Å². The monoisotopic (exact) mass is 328 g/mol. The minimum atomic E-state index is -2.78. The Balaban J connectivity index is 1.88. The molecule has 1 aliphatic rings. The summed E-state index contributed by atoms with van der Waals surface area (Å²) in [4.78, 5) is 24.0. The normalized spacial score (nSPS) is 16.6. The van der Waals surface area contributed by atoms with Crippen LogP contribution in [0.25, 0.3) is 0 Å². The van der Waals surface area contributed by atoms with Crippen LogP contribution in [0.3, 0.4) is 0 Å². The average molecular weight is 328 g/mol. The van der Waals surface area contributed by atoms with E-state index in [-0.39, 0.29) is 11.6 Å². The van der Waals surface area contributed by atoms with E-state index < -0.39 is 24.1 Å². The number of rotatable bonds is 6. The Morgan fingerprint density at radius 3 is 2.65 bits per heavy atom. The van der Waals surface area contributed by atoms with Crippen LogP contribution < -0.4 is 10.6 Å². The van der Waals surface area contributed by atoms with E-state index in [1.54, 1.807) is 0 Å². The number of anilines is 1. The lowest BCUT2D eigenvalue weighted by molar-refractivity contribution is -0.126. The molecule has 0 aromatic carbocycles. The number of hydrogen-bond donors (Lipinski definition) is 2. The fraction of sp³-hybridized carbons (Fsp3) is 0.667. The zero-order chi connectivity index (χ0) is 17.0. The fourth-order valence-corrected chi connectivity index (χ4v) is 2.85. The van der Waals surface area contributed by atoms with Crippen molar-refractivity contribution in [2.75, 3.05) is 5.32 Å². The lowest BCUT2D eigenvalue weighted by Gasteiger charge is -2.15. The maximum absolute atomic E-state index is 12.8. The highest BCUT2D eigenvalue weighted by molar-refractivity contribution is 5.97. The van der Waals surface area contributed by atoms with Gasteiger partial charge in [-0.15, -0.1) is 0 Å². The second-order valence-corrected chi connectivity index (χ2v) is 6.04. The first-order chi connectivity index (χ1) is 10.9. The highest BCUT2D eigenvalue weighted by Gasteiger charge is 2.24. The van der Waals surface area contributed by atoms with Crippen molar-refractivity contribution in [1.29, 1.82) is 0 Å². The number of nitrogens with zero attached hydrogens (tertiary/aromatic N) is 2. The number of nitrogens with one attached hydrogen (secondary N) is 2. The highest BCUT2D eigenvalue weighted by atomic mass is 19.3. The fourth-order valence-electron chi connectivity index (χ4n) is 2.85. The summed E-state index contributed by atoms with van der Waals surface area (Å²) in [5.41, 5.74) is -0.519. The molecule has 0 aliphatic heterocycles. The second kappa shape index (κ2) is 7.52. The molecule has 1 fully saturated rings. The van der Waals surface area contributed by atoms with Gasteiger partial charge in [-0.25, -0.2) is 8.78 Å². The van der Waals surface area contributed by atoms with E-state index in [0.717, 1.165) is 25.7 Å². The molecule has 1 aromatic rings. The molecule has 0 spiro atoms. The molecule has 6 nitrogen and oxygen atoms in total. The Morgan fingerprint density at radius 2 is 2.04 bits per heavy atom. The summed E-state index contributed by atoms with van der Waals surface area (Å²) in [6, 6.07) is -0.797. The van der Waals surface area contributed by atoms with Gasteiger partial charge in [0, 0.05) is 19.7 Å². The predicted octanol–water partition coefficient (Wildman–Crippen LogP) is 2.38. The van der Waals surface area contributed by atoms with Crippen LogP contribution in [0.5, 0.6) is 0 Å². The van der Waals surface area contributed by atoms with Crippen LogP contribution in [0.2, 0.25) is 0 Å². The summed E-state index contributed by atoms with van der Waals surface area (Å²) < 4.78 is 26.9. The molecule has 23 heavy (non-hydrogen) atoms. The van der Waals surface area contributed by atoms with E-state index in [1.165, 1.54) is 24.9 Å². The topological polar surface area (TPSA) is 76.0 Å². The first-order valence-electron chi connectivity index (χ1n) is 7.78. The molecule has 0 bridgehead atoms. The van der Waals surface area contributed by atoms with Crippen molar-refractivity contribution in [3.05, 3.63) is 11.9 Å². The van der Waals surface area contributed by atoms with Crippen LogP contribution >= 0.6 is 0 Å². The molecule has 1 aromatic heterocycles. The number of aromatic nitrogens is 2. The highest BCUT2D eigenvalue weighted by Crippen LogP contribution is 2.27. The summed E-state index contributed by atoms with van der Waals surface area (Å²) in [7, 11) is 1.49. The molecule has 1 unspecified atom stereocenters. The van der Waals surface area contributed by atoms with Gasteiger partial charge in [0.2, 0.25) is 11.8 Å². The smallest absolute Gasteiger partial charge is 0.284 e. The largest absolute Gasteiger partial charge is 0.345 e. The molecule has 128 valence electrons. The van der Waals surface area contributed by atoms with E-state index >= 15 is 0 Å². The van der Waals surface area contributed by atoms with Gasteiger partial charge in [-0.2, -0.15) is 5.10 Å². The van der Waals surface area contributed by atoms with E-state index in [9.17, 15) is 18.4 Å². The summed E-state index contributed by atoms with van der Waals surface area (Å²) in [5, 5.41) is 8.63. The van der Waals surface area contributed by atoms with Gasteiger partial charge in [-0.05, 0) is 25.7 Å². The number of hydrogen-bond acceptors (Lipinski definition) is 3. The lowest BCUT2D eigenvalue weighted by atomic mass is 10.0. The molecule has 0 radical (unpaired) electrons. The summed E-state index contributed by atoms with van der Waals surface area (Å²) >= 11 is 0. The van der Waals surface area contributed by atoms with Gasteiger partial charge in [-0.1, -0.05) is 12.8 Å². The molecule has 2 N–H and O–H groups in total. The van der Waals surface area contributed by atoms with Gasteiger partial charge < -0.3 is 10.6 Å². The van der Waals surface area contributed by atoms with Crippen molar-refractivity contribution >= 4 is 17.5 Å². The molecular weight excluding hydrogens is 306 g/mol. The predicted molar refractivity (Wildman–Crippen MR) is 81.0 cm³/mol. The van der Waals surface area contributed by atoms with Crippen LogP contribution in [0, 0.1) is 5.92 Å². The Labute approximate surface area is 133 Å². The third-order valence-electron chi connectivity index (χ3n) is 4.04. The molecule has 1 aliphatic carbocycles. The quantitative estimate of drug-likeness (QED) is 0.842. The molecule has 8 heteroatoms. The van der Waals surface area contributed by atoms with Crippen LogP contribution in [-0.2, 0) is 16.6 Å². The van der Waals surface area contributed by atoms with Crippen molar-refractivity contribution < 1.29 is 18.4 Å². The third-order valence-corrected chi connectivity index (χ3v) is 4.04. The minimum absolute atomic E-state index is 0.0376. The van der Waals surface area contributed by atoms with E-state index in [2.05, 4.69) is 15.7 Å². The van der Waals surface area contributed by atoms with Crippen LogP contribution in [0.15, 0.2) is 6.20 Å². The zero-order valence-electron chi connectivity index (χ0n) is 13.3. The maximum atomic E-state index is 12.8. The van der Waals surface area contributed by atoms with Crippen molar-refractivity contribution in [2.24, 2.45) is 13.0 Å². The van der Waals surface area contributed by atoms with Gasteiger partial charge in [0.25, 0.3) is 6.43 Å². The van der Waals surface area contributed by atoms with Gasteiger partial charge in [-0.3, -0.25) is 14.3 Å². The van der Waals surface area contributed by atoms with E-state index in [0.29, 0.717) is 12.3 Å². The van der Waals surface area contributed by atoms with Gasteiger partial charge in [0.15, 0.2) is 5.69 Å². The Morgan fingerprint density at radius 1 is 1.39 bits per heavy atom. The number of halogens is 2. The Hall–Kier alpha value is -1.99. The maximum Gasteiger partial charge on any atom is 0.284 e. The minimum Gasteiger partial charge on any atom is -0.345 e. The molecule has 1 heterocycles. The Kier molecular flexibility index (Phi) is 5.68. The second-order valence-electron chi connectivity index (χ2n) is 6.04. The zero-order valence-corrected chi connectivity index (χ0v) is 13.3. The standard InChI is InChI=1S/C15H22F2N4O2/c1-9(18-12(22)7-10-5-3-4-6-10)15(23)19-11-8-21(2)20-13(11)14(16)17/h8-10,14H,3-7H2,1-2H3,(H,18,22)(H,19,23). The van der Waals surface area contributed by atoms with Gasteiger partial charge >= 0.3 is 0 Å². The molecule has 1 atom stereocenters. The molecular formula is C15H22F2N4O2. The van der Waals surface area contributed by atoms with Crippen molar-refractivity contribution in [2.45, 2.75) is 51.5 Å². The van der Waals surface area contributed by atoms with Crippen molar-refractivity contribution in [1.82, 2.24) is 15.1 Å². The van der Waals surface area contributed by atoms with Crippen molar-refractivity contribution in [3.63, 3.8) is 0 Å². The first kappa shape index (κ1) is 17.4. The Bertz CT molecular complexity index is 568. The van der Waals surface area contributed by atoms with Gasteiger partial charge in [0.05, 0.1) is 5.69 Å². The van der Waals surface area contributed by atoms with E-state index in [1.807, 2.05) is 0 Å². The van der Waals surface area contributed by atoms with Crippen LogP contribution in [0.1, 0.15) is 51.1 Å². The SMILES string of the molecule is CC(NC(=O)CC1CCCC1)C(=O)Nc1cn(C)nc1C(F)F. The van der Waals surface area contributed by atoms with Crippen LogP contribution in [0.4, 0.5) is 14.5 Å². The number of aryl methyl sites for hydroxylation is 1. The molecule has 0 saturated heterocycles. The van der Waals surface area contributed by atoms with E-state index in [4.69, 9.17) is 0 Å². The van der Waals surface area contributed by atoms with Gasteiger partial charge in [0.1, 0.15) is 6.04 Å². The van der Waals surface area contributed by atoms with Crippen LogP contribution in [-0.4, -0.2) is 27.6 Å². The lowest BCUT2D eigenvalue weighted by Crippen LogP contribution is -2.42. The number of carbonyl (C=O) groups is 2.